The van der Waals surface area contributed by atoms with Crippen LogP contribution >= 0.6 is 11.8 Å². The molecule has 2 N–H and O–H groups in total. The SMILES string of the molecule is CC(C)CCSc1ccc2cnccc2c1N. The maximum Gasteiger partial charge on any atom is 0.0533 e. The van der Waals surface area contributed by atoms with Crippen LogP contribution in [0.4, 0.5) is 5.69 Å². The van der Waals surface area contributed by atoms with Crippen LogP contribution in [0.15, 0.2) is 35.5 Å². The monoisotopic (exact) mass is 246 g/mol. The van der Waals surface area contributed by atoms with Crippen molar-refractivity contribution in [2.24, 2.45) is 5.92 Å². The summed E-state index contributed by atoms with van der Waals surface area (Å²) in [6, 6.07) is 6.18. The highest BCUT2D eigenvalue weighted by molar-refractivity contribution is 7.99. The topological polar surface area (TPSA) is 38.9 Å². The zero-order valence-electron chi connectivity index (χ0n) is 10.3. The molecule has 3 heteroatoms. The van der Waals surface area contributed by atoms with Crippen LogP contribution < -0.4 is 5.73 Å². The fourth-order valence-corrected chi connectivity index (χ4v) is 2.94. The van der Waals surface area contributed by atoms with Crippen LogP contribution in [0.3, 0.4) is 0 Å². The van der Waals surface area contributed by atoms with Gasteiger partial charge in [0.1, 0.15) is 0 Å². The third kappa shape index (κ3) is 2.91. The molecule has 0 fully saturated rings. The van der Waals surface area contributed by atoms with Gasteiger partial charge in [-0.2, -0.15) is 0 Å². The molecular weight excluding hydrogens is 228 g/mol. The van der Waals surface area contributed by atoms with Crippen molar-refractivity contribution < 1.29 is 0 Å². The normalized spacial score (nSPS) is 11.2. The summed E-state index contributed by atoms with van der Waals surface area (Å²) in [6.45, 7) is 4.49. The van der Waals surface area contributed by atoms with Gasteiger partial charge < -0.3 is 5.73 Å². The number of aromatic nitrogens is 1. The lowest BCUT2D eigenvalue weighted by Gasteiger charge is -2.09. The van der Waals surface area contributed by atoms with E-state index in [-0.39, 0.29) is 0 Å². The average Bonchev–Trinajstić information content (AvgIpc) is 2.32. The van der Waals surface area contributed by atoms with Crippen molar-refractivity contribution in [3.63, 3.8) is 0 Å². The first-order valence-corrected chi connectivity index (χ1v) is 6.92. The summed E-state index contributed by atoms with van der Waals surface area (Å²) in [6.07, 6.45) is 4.87. The first-order chi connectivity index (χ1) is 8.18. The van der Waals surface area contributed by atoms with Gasteiger partial charge in [0.2, 0.25) is 0 Å². The average molecular weight is 246 g/mol. The highest BCUT2D eigenvalue weighted by Gasteiger charge is 2.05. The minimum Gasteiger partial charge on any atom is -0.397 e. The quantitative estimate of drug-likeness (QED) is 0.655. The van der Waals surface area contributed by atoms with Crippen LogP contribution in [0.5, 0.6) is 0 Å². The van der Waals surface area contributed by atoms with Crippen LogP contribution in [0.25, 0.3) is 10.8 Å². The number of nitrogen functional groups attached to an aromatic ring is 1. The Kier molecular flexibility index (Phi) is 3.89. The molecule has 0 bridgehead atoms. The highest BCUT2D eigenvalue weighted by atomic mass is 32.2. The Labute approximate surface area is 107 Å². The van der Waals surface area contributed by atoms with Gasteiger partial charge in [-0.1, -0.05) is 19.9 Å². The molecule has 0 aliphatic rings. The number of hydrogen-bond donors (Lipinski definition) is 1. The fourth-order valence-electron chi connectivity index (χ4n) is 1.70. The summed E-state index contributed by atoms with van der Waals surface area (Å²) in [7, 11) is 0. The lowest BCUT2D eigenvalue weighted by molar-refractivity contribution is 0.632. The van der Waals surface area contributed by atoms with E-state index in [2.05, 4.69) is 31.0 Å². The maximum absolute atomic E-state index is 6.19. The molecule has 2 rings (SSSR count). The Morgan fingerprint density at radius 2 is 2.12 bits per heavy atom. The molecular formula is C14H18N2S. The molecule has 2 nitrogen and oxygen atoms in total. The Balaban J connectivity index is 2.21. The van der Waals surface area contributed by atoms with Crippen LogP contribution in [0, 0.1) is 5.92 Å². The molecule has 2 aromatic rings. The molecule has 0 aliphatic heterocycles. The Bertz CT molecular complexity index is 509. The summed E-state index contributed by atoms with van der Waals surface area (Å²) in [5, 5.41) is 2.22. The largest absolute Gasteiger partial charge is 0.397 e. The number of thioether (sulfide) groups is 1. The number of anilines is 1. The molecule has 1 heterocycles. The van der Waals surface area contributed by atoms with Gasteiger partial charge in [0.25, 0.3) is 0 Å². The molecule has 0 spiro atoms. The van der Waals surface area contributed by atoms with Crippen molar-refractivity contribution in [2.75, 3.05) is 11.5 Å². The predicted octanol–water partition coefficient (Wildman–Crippen LogP) is 3.96. The molecule has 0 unspecified atom stereocenters. The Morgan fingerprint density at radius 1 is 1.29 bits per heavy atom. The van der Waals surface area contributed by atoms with E-state index in [1.807, 2.05) is 24.0 Å². The number of nitrogens with zero attached hydrogens (tertiary/aromatic N) is 1. The molecule has 90 valence electrons. The lowest BCUT2D eigenvalue weighted by atomic mass is 10.1. The Morgan fingerprint density at radius 3 is 2.88 bits per heavy atom. The van der Waals surface area contributed by atoms with Crippen molar-refractivity contribution in [1.29, 1.82) is 0 Å². The van der Waals surface area contributed by atoms with E-state index in [9.17, 15) is 0 Å². The van der Waals surface area contributed by atoms with E-state index < -0.39 is 0 Å². The minimum atomic E-state index is 0.744. The van der Waals surface area contributed by atoms with Crippen LogP contribution in [0.2, 0.25) is 0 Å². The second-order valence-corrected chi connectivity index (χ2v) is 5.74. The standard InChI is InChI=1S/C14H18N2S/c1-10(2)6-8-17-13-4-3-11-9-16-7-5-12(11)14(13)15/h3-5,7,9-10H,6,8,15H2,1-2H3. The van der Waals surface area contributed by atoms with Gasteiger partial charge in [-0.05, 0) is 30.2 Å². The van der Waals surface area contributed by atoms with E-state index in [4.69, 9.17) is 5.73 Å². The highest BCUT2D eigenvalue weighted by Crippen LogP contribution is 2.32. The molecule has 0 aliphatic carbocycles. The number of pyridine rings is 1. The van der Waals surface area contributed by atoms with Crippen molar-refractivity contribution in [2.45, 2.75) is 25.2 Å². The van der Waals surface area contributed by atoms with Gasteiger partial charge in [-0.3, -0.25) is 4.98 Å². The number of rotatable bonds is 4. The molecule has 1 aromatic carbocycles. The van der Waals surface area contributed by atoms with Gasteiger partial charge in [0.05, 0.1) is 5.69 Å². The second kappa shape index (κ2) is 5.41. The van der Waals surface area contributed by atoms with Gasteiger partial charge >= 0.3 is 0 Å². The first-order valence-electron chi connectivity index (χ1n) is 5.93. The zero-order chi connectivity index (χ0) is 12.3. The third-order valence-corrected chi connectivity index (χ3v) is 3.88. The van der Waals surface area contributed by atoms with Crippen molar-refractivity contribution in [1.82, 2.24) is 4.98 Å². The van der Waals surface area contributed by atoms with Gasteiger partial charge in [-0.15, -0.1) is 11.8 Å². The van der Waals surface area contributed by atoms with Crippen LogP contribution in [0.1, 0.15) is 20.3 Å². The molecule has 0 radical (unpaired) electrons. The number of hydrogen-bond acceptors (Lipinski definition) is 3. The summed E-state index contributed by atoms with van der Waals surface area (Å²) in [5.41, 5.74) is 7.07. The van der Waals surface area contributed by atoms with E-state index in [1.165, 1.54) is 11.3 Å². The maximum atomic E-state index is 6.19. The summed E-state index contributed by atoms with van der Waals surface area (Å²) in [5.74, 6) is 1.87. The van der Waals surface area contributed by atoms with Crippen molar-refractivity contribution in [3.8, 4) is 0 Å². The van der Waals surface area contributed by atoms with Crippen LogP contribution in [-0.2, 0) is 0 Å². The van der Waals surface area contributed by atoms with E-state index in [0.717, 1.165) is 28.1 Å². The van der Waals surface area contributed by atoms with E-state index >= 15 is 0 Å². The zero-order valence-corrected chi connectivity index (χ0v) is 11.1. The fraction of sp³-hybridized carbons (Fsp3) is 0.357. The molecule has 17 heavy (non-hydrogen) atoms. The Hall–Kier alpha value is -1.22. The molecule has 0 atom stereocenters. The van der Waals surface area contributed by atoms with Gasteiger partial charge in [-0.25, -0.2) is 0 Å². The third-order valence-electron chi connectivity index (χ3n) is 2.77. The van der Waals surface area contributed by atoms with Gasteiger partial charge in [0.15, 0.2) is 0 Å². The number of benzene rings is 1. The van der Waals surface area contributed by atoms with Crippen molar-refractivity contribution in [3.05, 3.63) is 30.6 Å². The summed E-state index contributed by atoms with van der Waals surface area (Å²) in [4.78, 5) is 5.29. The molecule has 0 saturated heterocycles. The number of nitrogens with two attached hydrogens (primary N) is 1. The van der Waals surface area contributed by atoms with Crippen LogP contribution in [-0.4, -0.2) is 10.7 Å². The van der Waals surface area contributed by atoms with Crippen molar-refractivity contribution >= 4 is 28.2 Å². The second-order valence-electron chi connectivity index (χ2n) is 4.61. The summed E-state index contributed by atoms with van der Waals surface area (Å²) < 4.78 is 0. The number of fused-ring (bicyclic) bond motifs is 1. The smallest absolute Gasteiger partial charge is 0.0533 e. The van der Waals surface area contributed by atoms with E-state index in [1.54, 1.807) is 6.20 Å². The molecule has 0 amide bonds. The van der Waals surface area contributed by atoms with Gasteiger partial charge in [0, 0.05) is 28.1 Å². The predicted molar refractivity (Wildman–Crippen MR) is 76.3 cm³/mol. The summed E-state index contributed by atoms with van der Waals surface area (Å²) >= 11 is 1.84. The molecule has 0 saturated carbocycles. The molecule has 1 aromatic heterocycles. The van der Waals surface area contributed by atoms with E-state index in [0.29, 0.717) is 0 Å². The lowest BCUT2D eigenvalue weighted by Crippen LogP contribution is -1.94. The minimum absolute atomic E-state index is 0.744. The first kappa shape index (κ1) is 12.2.